The van der Waals surface area contributed by atoms with Gasteiger partial charge in [-0.3, -0.25) is 9.88 Å². The van der Waals surface area contributed by atoms with E-state index in [1.165, 1.54) is 11.6 Å². The Hall–Kier alpha value is -4.17. The molecular formula is C36H36F2N6O2. The van der Waals surface area contributed by atoms with E-state index in [4.69, 9.17) is 20.9 Å². The maximum atomic E-state index is 16.8. The van der Waals surface area contributed by atoms with E-state index in [0.29, 0.717) is 58.8 Å². The summed E-state index contributed by atoms with van der Waals surface area (Å²) >= 11 is 0. The number of nitrogens with zero attached hydrogens (tertiary/aromatic N) is 5. The molecule has 8 rings (SSSR count). The number of hydrogen-bond acceptors (Lipinski definition) is 8. The molecule has 0 amide bonds. The molecule has 0 saturated carbocycles. The zero-order valence-electron chi connectivity index (χ0n) is 25.9. The van der Waals surface area contributed by atoms with Crippen LogP contribution in [-0.2, 0) is 4.74 Å². The van der Waals surface area contributed by atoms with E-state index in [-0.39, 0.29) is 28.3 Å². The van der Waals surface area contributed by atoms with Gasteiger partial charge in [-0.2, -0.15) is 9.97 Å². The molecule has 0 spiro atoms. The molecule has 4 fully saturated rings. The van der Waals surface area contributed by atoms with Crippen molar-refractivity contribution in [3.8, 4) is 29.6 Å². The summed E-state index contributed by atoms with van der Waals surface area (Å²) in [6, 6.07) is 9.10. The highest BCUT2D eigenvalue weighted by atomic mass is 19.1. The number of halogens is 2. The van der Waals surface area contributed by atoms with E-state index in [1.807, 2.05) is 6.07 Å². The maximum Gasteiger partial charge on any atom is 0.319 e. The van der Waals surface area contributed by atoms with Crippen molar-refractivity contribution in [2.24, 2.45) is 5.92 Å². The van der Waals surface area contributed by atoms with Gasteiger partial charge in [-0.15, -0.1) is 6.42 Å². The van der Waals surface area contributed by atoms with Crippen LogP contribution in [0.1, 0.15) is 31.2 Å². The Kier molecular flexibility index (Phi) is 7.16. The molecule has 4 saturated heterocycles. The molecule has 10 heteroatoms. The lowest BCUT2D eigenvalue weighted by atomic mass is 9.90. The van der Waals surface area contributed by atoms with Crippen LogP contribution in [0.4, 0.5) is 14.6 Å². The van der Waals surface area contributed by atoms with Gasteiger partial charge in [0.2, 0.25) is 0 Å². The van der Waals surface area contributed by atoms with Crippen molar-refractivity contribution in [3.05, 3.63) is 65.9 Å². The van der Waals surface area contributed by atoms with Gasteiger partial charge in [-0.25, -0.2) is 8.78 Å². The summed E-state index contributed by atoms with van der Waals surface area (Å²) in [5.74, 6) is 2.29. The third kappa shape index (κ3) is 4.80. The van der Waals surface area contributed by atoms with E-state index in [1.54, 1.807) is 31.5 Å². The highest BCUT2D eigenvalue weighted by Crippen LogP contribution is 2.44. The maximum absolute atomic E-state index is 16.8. The number of rotatable bonds is 7. The minimum absolute atomic E-state index is 0.0474. The number of terminal acetylenes is 1. The molecule has 2 bridgehead atoms. The molecule has 46 heavy (non-hydrogen) atoms. The van der Waals surface area contributed by atoms with E-state index in [9.17, 15) is 4.39 Å². The summed E-state index contributed by atoms with van der Waals surface area (Å²) in [5.41, 5.74) is 1.58. The van der Waals surface area contributed by atoms with Crippen LogP contribution in [0.2, 0.25) is 0 Å². The first kappa shape index (κ1) is 29.2. The van der Waals surface area contributed by atoms with Crippen molar-refractivity contribution in [2.75, 3.05) is 51.4 Å². The lowest BCUT2D eigenvalue weighted by Crippen LogP contribution is -2.51. The molecular weight excluding hydrogens is 586 g/mol. The highest BCUT2D eigenvalue weighted by molar-refractivity contribution is 6.02. The number of benzene rings is 2. The van der Waals surface area contributed by atoms with Crippen molar-refractivity contribution in [1.29, 1.82) is 0 Å². The van der Waals surface area contributed by atoms with Gasteiger partial charge in [-0.05, 0) is 43.1 Å². The quantitative estimate of drug-likeness (QED) is 0.226. The molecule has 0 radical (unpaired) electrons. The number of methoxy groups -OCH3 is 1. The summed E-state index contributed by atoms with van der Waals surface area (Å²) in [7, 11) is 1.73. The second kappa shape index (κ2) is 11.3. The van der Waals surface area contributed by atoms with Gasteiger partial charge in [0.25, 0.3) is 0 Å². The fraction of sp³-hybridized carbons (Fsp3) is 0.417. The predicted octanol–water partition coefficient (Wildman–Crippen LogP) is 5.09. The molecule has 4 atom stereocenters. The first-order chi connectivity index (χ1) is 22.4. The van der Waals surface area contributed by atoms with Gasteiger partial charge in [0.05, 0.1) is 23.1 Å². The monoisotopic (exact) mass is 622 g/mol. The molecule has 2 aromatic heterocycles. The summed E-state index contributed by atoms with van der Waals surface area (Å²) < 4.78 is 43.6. The molecule has 4 aromatic rings. The van der Waals surface area contributed by atoms with E-state index in [0.717, 1.165) is 51.9 Å². The Morgan fingerprint density at radius 3 is 2.74 bits per heavy atom. The number of fused-ring (bicyclic) bond motifs is 5. The van der Waals surface area contributed by atoms with Crippen LogP contribution < -0.4 is 15.0 Å². The van der Waals surface area contributed by atoms with Crippen LogP contribution >= 0.6 is 0 Å². The SMILES string of the molecule is C#Cc1c(F)ccc2cccc(-c3ncc4c(N5C[C@H]6CC[C@@H](C5)N6)nc(OC[C@@]56CC(=C)CN5C[C@@H](COC)C6)nc4c3F)c12. The zero-order valence-corrected chi connectivity index (χ0v) is 25.9. The number of ether oxygens (including phenoxy) is 2. The zero-order chi connectivity index (χ0) is 31.6. The van der Waals surface area contributed by atoms with Crippen molar-refractivity contribution in [2.45, 2.75) is 43.3 Å². The van der Waals surface area contributed by atoms with Crippen molar-refractivity contribution in [3.63, 3.8) is 0 Å². The highest BCUT2D eigenvalue weighted by Gasteiger charge is 2.50. The number of hydrogen-bond donors (Lipinski definition) is 1. The van der Waals surface area contributed by atoms with Crippen LogP contribution in [-0.4, -0.2) is 84.0 Å². The third-order valence-corrected chi connectivity index (χ3v) is 10.2. The molecule has 0 unspecified atom stereocenters. The Morgan fingerprint density at radius 1 is 1.13 bits per heavy atom. The van der Waals surface area contributed by atoms with Gasteiger partial charge in [0, 0.05) is 62.5 Å². The first-order valence-corrected chi connectivity index (χ1v) is 15.9. The summed E-state index contributed by atoms with van der Waals surface area (Å²) in [4.78, 5) is 18.8. The van der Waals surface area contributed by atoms with Gasteiger partial charge in [-0.1, -0.05) is 42.3 Å². The standard InChI is InChI=1S/C36H36F2N6O2/c1-4-26-29(37)11-8-23-6-5-7-27(30(23)26)32-31(38)33-28(14-39-32)34(43-17-24-9-10-25(18-43)40-24)42-35(41-33)46-20-36-12-21(2)15-44(36)16-22(13-36)19-45-3/h1,5-8,11,14,22,24-25,40H,2,9-10,12-13,15-20H2,3H3/t22-,24-,25+,36-/m0/s1. The van der Waals surface area contributed by atoms with Crippen LogP contribution in [0, 0.1) is 29.9 Å². The summed E-state index contributed by atoms with van der Waals surface area (Å²) in [6.45, 7) is 8.55. The second-order valence-corrected chi connectivity index (χ2v) is 13.4. The van der Waals surface area contributed by atoms with Crippen molar-refractivity contribution >= 4 is 27.5 Å². The van der Waals surface area contributed by atoms with E-state index >= 15 is 4.39 Å². The Morgan fingerprint density at radius 2 is 1.96 bits per heavy atom. The fourth-order valence-electron chi connectivity index (χ4n) is 8.37. The lowest BCUT2D eigenvalue weighted by Gasteiger charge is -2.34. The third-order valence-electron chi connectivity index (χ3n) is 10.2. The lowest BCUT2D eigenvalue weighted by molar-refractivity contribution is 0.107. The van der Waals surface area contributed by atoms with Crippen LogP contribution in [0.15, 0.2) is 48.7 Å². The molecule has 4 aliphatic heterocycles. The normalized spacial score (nSPS) is 25.8. The van der Waals surface area contributed by atoms with Gasteiger partial charge in [0.1, 0.15) is 29.5 Å². The van der Waals surface area contributed by atoms with Gasteiger partial charge in [0.15, 0.2) is 5.82 Å². The first-order valence-electron chi connectivity index (χ1n) is 15.9. The fourth-order valence-corrected chi connectivity index (χ4v) is 8.37. The predicted molar refractivity (Wildman–Crippen MR) is 174 cm³/mol. The molecule has 4 aliphatic rings. The Balaban J connectivity index is 1.24. The average molecular weight is 623 g/mol. The molecule has 236 valence electrons. The second-order valence-electron chi connectivity index (χ2n) is 13.4. The average Bonchev–Trinajstić information content (AvgIpc) is 3.67. The van der Waals surface area contributed by atoms with Gasteiger partial charge < -0.3 is 19.7 Å². The number of aromatic nitrogens is 3. The molecule has 8 nitrogen and oxygen atoms in total. The van der Waals surface area contributed by atoms with Crippen molar-refractivity contribution in [1.82, 2.24) is 25.2 Å². The summed E-state index contributed by atoms with van der Waals surface area (Å²) in [5, 5.41) is 5.30. The Labute approximate surface area is 266 Å². The number of anilines is 1. The van der Waals surface area contributed by atoms with Crippen molar-refractivity contribution < 1.29 is 18.3 Å². The number of piperazine rings is 1. The summed E-state index contributed by atoms with van der Waals surface area (Å²) in [6.07, 6.45) is 11.3. The van der Waals surface area contributed by atoms with Crippen LogP contribution in [0.25, 0.3) is 32.9 Å². The van der Waals surface area contributed by atoms with Crippen LogP contribution in [0.3, 0.4) is 0 Å². The largest absolute Gasteiger partial charge is 0.461 e. The number of pyridine rings is 1. The molecule has 6 heterocycles. The van der Waals surface area contributed by atoms with Gasteiger partial charge >= 0.3 is 6.01 Å². The topological polar surface area (TPSA) is 75.6 Å². The van der Waals surface area contributed by atoms with E-state index in [2.05, 4.69) is 37.6 Å². The Bertz CT molecular complexity index is 1910. The molecule has 1 N–H and O–H groups in total. The smallest absolute Gasteiger partial charge is 0.319 e. The van der Waals surface area contributed by atoms with E-state index < -0.39 is 11.6 Å². The molecule has 2 aromatic carbocycles. The van der Waals surface area contributed by atoms with Crippen LogP contribution in [0.5, 0.6) is 6.01 Å². The number of nitrogens with one attached hydrogen (secondary N) is 1. The molecule has 0 aliphatic carbocycles. The minimum Gasteiger partial charge on any atom is -0.461 e. The minimum atomic E-state index is -0.626.